The van der Waals surface area contributed by atoms with Crippen LogP contribution >= 0.6 is 0 Å². The van der Waals surface area contributed by atoms with Gasteiger partial charge < -0.3 is 5.11 Å². The van der Waals surface area contributed by atoms with Crippen LogP contribution in [-0.2, 0) is 6.42 Å². The predicted molar refractivity (Wildman–Crippen MR) is 56.8 cm³/mol. The molecule has 0 atom stereocenters. The molecule has 4 nitrogen and oxygen atoms in total. The summed E-state index contributed by atoms with van der Waals surface area (Å²) in [5.41, 5.74) is 2.14. The van der Waals surface area contributed by atoms with Gasteiger partial charge in [-0.25, -0.2) is 4.68 Å². The second kappa shape index (κ2) is 4.70. The summed E-state index contributed by atoms with van der Waals surface area (Å²) >= 11 is 0. The zero-order valence-corrected chi connectivity index (χ0v) is 8.37. The fourth-order valence-corrected chi connectivity index (χ4v) is 1.41. The molecule has 0 unspecified atom stereocenters. The normalized spacial score (nSPS) is 10.5. The highest BCUT2D eigenvalue weighted by Crippen LogP contribution is 2.07. The first-order chi connectivity index (χ1) is 7.40. The highest BCUT2D eigenvalue weighted by molar-refractivity contribution is 5.28. The molecule has 0 spiro atoms. The molecule has 4 heteroatoms. The molecule has 0 saturated heterocycles. The Kier molecular flexibility index (Phi) is 3.09. The summed E-state index contributed by atoms with van der Waals surface area (Å²) < 4.78 is 1.81. The van der Waals surface area contributed by atoms with Gasteiger partial charge in [-0.2, -0.15) is 5.10 Å². The van der Waals surface area contributed by atoms with Crippen LogP contribution in [0, 0.1) is 0 Å². The van der Waals surface area contributed by atoms with E-state index in [-0.39, 0.29) is 6.61 Å². The topological polar surface area (TPSA) is 50.9 Å². The average Bonchev–Trinajstić information content (AvgIpc) is 2.76. The van der Waals surface area contributed by atoms with E-state index in [4.69, 9.17) is 5.11 Å². The van der Waals surface area contributed by atoms with E-state index >= 15 is 0 Å². The maximum absolute atomic E-state index is 8.72. The van der Waals surface area contributed by atoms with Crippen molar-refractivity contribution in [3.8, 4) is 5.69 Å². The third-order valence-corrected chi connectivity index (χ3v) is 2.19. The van der Waals surface area contributed by atoms with Crippen molar-refractivity contribution in [2.24, 2.45) is 0 Å². The van der Waals surface area contributed by atoms with Crippen molar-refractivity contribution in [2.75, 3.05) is 6.61 Å². The molecule has 0 aromatic carbocycles. The third kappa shape index (κ3) is 2.41. The lowest BCUT2D eigenvalue weighted by atomic mass is 10.2. The molecule has 0 saturated carbocycles. The Balaban J connectivity index is 2.14. The van der Waals surface area contributed by atoms with E-state index in [2.05, 4.69) is 10.1 Å². The first-order valence-corrected chi connectivity index (χ1v) is 4.95. The number of aromatic nitrogens is 3. The molecule has 2 aromatic heterocycles. The summed E-state index contributed by atoms with van der Waals surface area (Å²) in [6.07, 6.45) is 8.93. The SMILES string of the molecule is OCCCc1cnn(-c2ccncc2)c1. The number of aryl methyl sites for hydroxylation is 1. The summed E-state index contributed by atoms with van der Waals surface area (Å²) in [6.45, 7) is 0.223. The molecule has 0 radical (unpaired) electrons. The first-order valence-electron chi connectivity index (χ1n) is 4.95. The minimum Gasteiger partial charge on any atom is -0.396 e. The number of nitrogens with zero attached hydrogens (tertiary/aromatic N) is 3. The monoisotopic (exact) mass is 203 g/mol. The van der Waals surface area contributed by atoms with Gasteiger partial charge >= 0.3 is 0 Å². The second-order valence-corrected chi connectivity index (χ2v) is 3.33. The Labute approximate surface area is 88.2 Å². The van der Waals surface area contributed by atoms with Crippen molar-refractivity contribution >= 4 is 0 Å². The first kappa shape index (κ1) is 9.86. The van der Waals surface area contributed by atoms with Gasteiger partial charge in [-0.15, -0.1) is 0 Å². The second-order valence-electron chi connectivity index (χ2n) is 3.33. The standard InChI is InChI=1S/C11H13N3O/c15-7-1-2-10-8-13-14(9-10)11-3-5-12-6-4-11/h3-6,8-9,15H,1-2,7H2. The van der Waals surface area contributed by atoms with Gasteiger partial charge in [0, 0.05) is 25.2 Å². The minimum atomic E-state index is 0.223. The number of hydrogen-bond donors (Lipinski definition) is 1. The van der Waals surface area contributed by atoms with Crippen molar-refractivity contribution in [3.63, 3.8) is 0 Å². The van der Waals surface area contributed by atoms with Gasteiger partial charge in [-0.05, 0) is 30.5 Å². The lowest BCUT2D eigenvalue weighted by molar-refractivity contribution is 0.288. The smallest absolute Gasteiger partial charge is 0.0676 e. The van der Waals surface area contributed by atoms with Crippen LogP contribution in [-0.4, -0.2) is 26.5 Å². The van der Waals surface area contributed by atoms with Crippen molar-refractivity contribution in [1.29, 1.82) is 0 Å². The van der Waals surface area contributed by atoms with E-state index in [1.165, 1.54) is 0 Å². The molecule has 0 bridgehead atoms. The van der Waals surface area contributed by atoms with Crippen LogP contribution in [0.25, 0.3) is 5.69 Å². The molecule has 15 heavy (non-hydrogen) atoms. The molecule has 78 valence electrons. The number of pyridine rings is 1. The molecule has 0 aliphatic carbocycles. The van der Waals surface area contributed by atoms with E-state index in [1.807, 2.05) is 29.2 Å². The third-order valence-electron chi connectivity index (χ3n) is 2.19. The Morgan fingerprint density at radius 1 is 1.27 bits per heavy atom. The van der Waals surface area contributed by atoms with Gasteiger partial charge in [0.15, 0.2) is 0 Å². The van der Waals surface area contributed by atoms with Gasteiger partial charge in [0.25, 0.3) is 0 Å². The predicted octanol–water partition coefficient (Wildman–Crippen LogP) is 1.19. The molecule has 2 rings (SSSR count). The van der Waals surface area contributed by atoms with Crippen LogP contribution in [0.2, 0.25) is 0 Å². The fraction of sp³-hybridized carbons (Fsp3) is 0.273. The molecular weight excluding hydrogens is 190 g/mol. The van der Waals surface area contributed by atoms with Crippen molar-refractivity contribution in [2.45, 2.75) is 12.8 Å². The highest BCUT2D eigenvalue weighted by Gasteiger charge is 1.99. The molecule has 0 amide bonds. The van der Waals surface area contributed by atoms with E-state index in [9.17, 15) is 0 Å². The molecule has 2 heterocycles. The van der Waals surface area contributed by atoms with Crippen LogP contribution in [0.4, 0.5) is 0 Å². The summed E-state index contributed by atoms with van der Waals surface area (Å²) in [6, 6.07) is 3.81. The Morgan fingerprint density at radius 2 is 2.07 bits per heavy atom. The van der Waals surface area contributed by atoms with Gasteiger partial charge in [0.2, 0.25) is 0 Å². The lowest BCUT2D eigenvalue weighted by Crippen LogP contribution is -1.93. The van der Waals surface area contributed by atoms with E-state index in [1.54, 1.807) is 12.4 Å². The summed E-state index contributed by atoms with van der Waals surface area (Å²) in [5, 5.41) is 13.0. The van der Waals surface area contributed by atoms with Gasteiger partial charge in [0.1, 0.15) is 0 Å². The Hall–Kier alpha value is -1.68. The van der Waals surface area contributed by atoms with E-state index < -0.39 is 0 Å². The van der Waals surface area contributed by atoms with Crippen molar-refractivity contribution < 1.29 is 5.11 Å². The maximum atomic E-state index is 8.72. The van der Waals surface area contributed by atoms with Crippen LogP contribution in [0.5, 0.6) is 0 Å². The molecule has 1 N–H and O–H groups in total. The van der Waals surface area contributed by atoms with Crippen LogP contribution in [0.1, 0.15) is 12.0 Å². The van der Waals surface area contributed by atoms with Crippen LogP contribution < -0.4 is 0 Å². The number of rotatable bonds is 4. The van der Waals surface area contributed by atoms with Gasteiger partial charge in [-0.3, -0.25) is 4.98 Å². The molecular formula is C11H13N3O. The Morgan fingerprint density at radius 3 is 2.80 bits per heavy atom. The molecule has 0 aliphatic rings. The maximum Gasteiger partial charge on any atom is 0.0676 e. The fourth-order valence-electron chi connectivity index (χ4n) is 1.41. The van der Waals surface area contributed by atoms with Crippen LogP contribution in [0.15, 0.2) is 36.9 Å². The molecule has 0 fully saturated rings. The summed E-state index contributed by atoms with van der Waals surface area (Å²) in [5.74, 6) is 0. The Bertz CT molecular complexity index is 411. The lowest BCUT2D eigenvalue weighted by Gasteiger charge is -1.98. The minimum absolute atomic E-state index is 0.223. The van der Waals surface area contributed by atoms with Crippen LogP contribution in [0.3, 0.4) is 0 Å². The molecule has 0 aliphatic heterocycles. The van der Waals surface area contributed by atoms with E-state index in [0.717, 1.165) is 24.1 Å². The summed E-state index contributed by atoms with van der Waals surface area (Å²) in [7, 11) is 0. The number of aliphatic hydroxyl groups excluding tert-OH is 1. The number of hydrogen-bond acceptors (Lipinski definition) is 3. The van der Waals surface area contributed by atoms with Gasteiger partial charge in [0.05, 0.1) is 11.9 Å². The zero-order chi connectivity index (χ0) is 10.5. The van der Waals surface area contributed by atoms with Crippen molar-refractivity contribution in [1.82, 2.24) is 14.8 Å². The largest absolute Gasteiger partial charge is 0.396 e. The summed E-state index contributed by atoms with van der Waals surface area (Å²) in [4.78, 5) is 3.95. The average molecular weight is 203 g/mol. The zero-order valence-electron chi connectivity index (χ0n) is 8.37. The quantitative estimate of drug-likeness (QED) is 0.812. The number of aliphatic hydroxyl groups is 1. The van der Waals surface area contributed by atoms with Crippen molar-refractivity contribution in [3.05, 3.63) is 42.5 Å². The van der Waals surface area contributed by atoms with Gasteiger partial charge in [-0.1, -0.05) is 0 Å². The molecule has 2 aromatic rings. The van der Waals surface area contributed by atoms with E-state index in [0.29, 0.717) is 0 Å². The highest BCUT2D eigenvalue weighted by atomic mass is 16.2.